The molecule has 7 heterocycles. The number of aromatic nitrogens is 5. The summed E-state index contributed by atoms with van der Waals surface area (Å²) in [7, 11) is 0. The topological polar surface area (TPSA) is 118 Å². The van der Waals surface area contributed by atoms with Gasteiger partial charge in [-0.3, -0.25) is 24.8 Å². The molecular weight excluding hydrogens is 1180 g/mol. The second-order valence-electron chi connectivity index (χ2n) is 23.6. The highest BCUT2D eigenvalue weighted by molar-refractivity contribution is 5.76. The fraction of sp³-hybridized carbons (Fsp3) is 0.667. The Labute approximate surface area is 601 Å². The van der Waals surface area contributed by atoms with Gasteiger partial charge in [0.05, 0.1) is 19.4 Å². The van der Waals surface area contributed by atoms with E-state index >= 15 is 0 Å². The SMILES string of the molecule is CC.CC.CC.CC.CC.CC.CC.CC.CC.CC(C)C1=CCNCC1.CC(C)C1=CCOCC1.CC(C)C1CC1.CC(C)C1CCNC(=O)C1.CC(C)c1ccccc1.CC(C)c1ccccn1.CC(C)c1cccnc1.CC(C)c1ccncc1.CC(C)c1cn[nH]c1. The third kappa shape index (κ3) is 70.1. The molecule has 1 aliphatic carbocycles. The molecule has 96 heavy (non-hydrogen) atoms. The molecule has 5 aromatic rings. The maximum atomic E-state index is 10.9. The molecule has 9 nitrogen and oxygen atoms in total. The highest BCUT2D eigenvalue weighted by Gasteiger charge is 2.24. The Morgan fingerprint density at radius 3 is 1.14 bits per heavy atom. The van der Waals surface area contributed by atoms with E-state index in [1.54, 1.807) is 17.3 Å². The predicted octanol–water partition coefficient (Wildman–Crippen LogP) is 27.0. The first-order valence-corrected chi connectivity index (χ1v) is 38.8. The molecule has 2 fully saturated rings. The largest absolute Gasteiger partial charge is 0.377 e. The van der Waals surface area contributed by atoms with Crippen molar-refractivity contribution < 1.29 is 9.53 Å². The fourth-order valence-corrected chi connectivity index (χ4v) is 7.97. The summed E-state index contributed by atoms with van der Waals surface area (Å²) in [6.07, 6.45) is 24.7. The van der Waals surface area contributed by atoms with Gasteiger partial charge in [-0.1, -0.05) is 315 Å². The quantitative estimate of drug-likeness (QED) is 0.126. The first-order chi connectivity index (χ1) is 46.1. The summed E-state index contributed by atoms with van der Waals surface area (Å²) in [6, 6.07) is 24.7. The molecule has 9 heteroatoms. The van der Waals surface area contributed by atoms with Crippen LogP contribution < -0.4 is 10.6 Å². The van der Waals surface area contributed by atoms with Crippen LogP contribution in [0.2, 0.25) is 0 Å². The molecule has 560 valence electrons. The summed E-state index contributed by atoms with van der Waals surface area (Å²) in [6.45, 7) is 80.5. The minimum Gasteiger partial charge on any atom is -0.377 e. The van der Waals surface area contributed by atoms with Crippen LogP contribution in [0.25, 0.3) is 0 Å². The van der Waals surface area contributed by atoms with Gasteiger partial charge in [0.15, 0.2) is 0 Å². The Hall–Kier alpha value is -5.25. The molecule has 1 unspecified atom stereocenters. The van der Waals surface area contributed by atoms with Crippen molar-refractivity contribution in [3.63, 3.8) is 0 Å². The van der Waals surface area contributed by atoms with Crippen molar-refractivity contribution in [1.29, 1.82) is 0 Å². The molecule has 0 radical (unpaired) electrons. The van der Waals surface area contributed by atoms with E-state index < -0.39 is 0 Å². The monoisotopic (exact) mass is 1340 g/mol. The van der Waals surface area contributed by atoms with Crippen molar-refractivity contribution in [2.45, 2.75) is 317 Å². The van der Waals surface area contributed by atoms with Crippen LogP contribution in [0, 0.1) is 35.5 Å². The molecule has 9 rings (SSSR count). The van der Waals surface area contributed by atoms with Crippen LogP contribution in [0.1, 0.15) is 345 Å². The van der Waals surface area contributed by atoms with E-state index in [1.807, 2.05) is 204 Å². The van der Waals surface area contributed by atoms with E-state index in [-0.39, 0.29) is 5.91 Å². The summed E-state index contributed by atoms with van der Waals surface area (Å²) in [5, 5.41) is 12.7. The number of carbonyl (C=O) groups excluding carboxylic acids is 1. The summed E-state index contributed by atoms with van der Waals surface area (Å²) >= 11 is 0. The number of nitrogens with zero attached hydrogens (tertiary/aromatic N) is 4. The van der Waals surface area contributed by atoms with Gasteiger partial charge in [-0.15, -0.1) is 0 Å². The summed E-state index contributed by atoms with van der Waals surface area (Å²) in [5.74, 6) is 8.05. The van der Waals surface area contributed by atoms with Crippen molar-refractivity contribution >= 4 is 5.91 Å². The van der Waals surface area contributed by atoms with E-state index in [0.717, 1.165) is 69.0 Å². The lowest BCUT2D eigenvalue weighted by atomic mass is 9.87. The molecule has 1 saturated heterocycles. The third-order valence-electron chi connectivity index (χ3n) is 14.0. The van der Waals surface area contributed by atoms with Crippen molar-refractivity contribution in [1.82, 2.24) is 35.8 Å². The highest BCUT2D eigenvalue weighted by Crippen LogP contribution is 2.35. The molecule has 0 spiro atoms. The van der Waals surface area contributed by atoms with Gasteiger partial charge in [0, 0.05) is 62.4 Å². The van der Waals surface area contributed by atoms with Gasteiger partial charge in [0.2, 0.25) is 5.91 Å². The van der Waals surface area contributed by atoms with Gasteiger partial charge < -0.3 is 15.4 Å². The molecule has 3 aliphatic heterocycles. The number of pyridine rings is 3. The van der Waals surface area contributed by atoms with Crippen LogP contribution in [0.5, 0.6) is 0 Å². The van der Waals surface area contributed by atoms with Crippen molar-refractivity contribution in [3.8, 4) is 0 Å². The summed E-state index contributed by atoms with van der Waals surface area (Å²) in [4.78, 5) is 23.0. The molecule has 1 aromatic carbocycles. The smallest absolute Gasteiger partial charge is 0.220 e. The zero-order valence-electron chi connectivity index (χ0n) is 70.4. The van der Waals surface area contributed by atoms with E-state index in [9.17, 15) is 4.79 Å². The summed E-state index contributed by atoms with van der Waals surface area (Å²) in [5.41, 5.74) is 9.68. The maximum absolute atomic E-state index is 10.9. The average molecular weight is 1340 g/mol. The molecular formula is C87H165N7O2. The zero-order valence-corrected chi connectivity index (χ0v) is 70.4. The van der Waals surface area contributed by atoms with Gasteiger partial charge in [-0.05, 0) is 156 Å². The number of hydrogen-bond acceptors (Lipinski definition) is 7. The second kappa shape index (κ2) is 84.0. The number of aromatic amines is 1. The van der Waals surface area contributed by atoms with E-state index in [2.05, 4.69) is 203 Å². The minimum atomic E-state index is 0.227. The molecule has 3 N–H and O–H groups in total. The van der Waals surface area contributed by atoms with Crippen LogP contribution in [-0.2, 0) is 9.53 Å². The Morgan fingerprint density at radius 1 is 0.417 bits per heavy atom. The van der Waals surface area contributed by atoms with Crippen molar-refractivity contribution in [3.05, 3.63) is 167 Å². The first-order valence-electron chi connectivity index (χ1n) is 38.8. The molecule has 4 aromatic heterocycles. The number of benzene rings is 1. The van der Waals surface area contributed by atoms with Crippen molar-refractivity contribution in [2.75, 3.05) is 32.8 Å². The molecule has 4 aliphatic rings. The van der Waals surface area contributed by atoms with Gasteiger partial charge in [0.1, 0.15) is 0 Å². The van der Waals surface area contributed by atoms with Crippen molar-refractivity contribution in [2.24, 2.45) is 35.5 Å². The van der Waals surface area contributed by atoms with Crippen LogP contribution in [-0.4, -0.2) is 63.9 Å². The van der Waals surface area contributed by atoms with Crippen LogP contribution >= 0.6 is 0 Å². The van der Waals surface area contributed by atoms with Crippen LogP contribution in [0.3, 0.4) is 0 Å². The Kier molecular flexibility index (Phi) is 95.7. The lowest BCUT2D eigenvalue weighted by molar-refractivity contribution is -0.123. The number of piperidine rings is 1. The van der Waals surface area contributed by atoms with Gasteiger partial charge >= 0.3 is 0 Å². The highest BCUT2D eigenvalue weighted by atomic mass is 16.5. The number of H-pyrrole nitrogens is 1. The molecule has 1 atom stereocenters. The standard InChI is InChI=1S/C9H12.C8H15NO.C8H15N.3C8H11N.C8H14O.C6H10N2.C6H12.9C2H6/c1-8(2)9-6-4-3-5-7-9;1-6(2)7-3-4-9-8(10)5-7;2*1-7(2)8-3-5-9-6-4-8;1-7(2)8-4-3-5-9-6-8;1-7(2)8-5-3-4-6-9-8;1-7(2)8-3-5-9-6-4-8;1-5(2)6-3-7-8-4-6;1-5(2)6-3-4-6;9*1-2/h3-8H,1-2H3;6-7H,3-5H2,1-2H3,(H,9,10);3,7,9H,4-6H2,1-2H3;3*3-7H,1-2H3;3,7H,4-6H2,1-2H3;3-5H,1-2H3,(H,7,8);5-6H,3-4H2,1-2H3;9*1-2H3. The first kappa shape index (κ1) is 109. The third-order valence-corrected chi connectivity index (χ3v) is 14.0. The van der Waals surface area contributed by atoms with E-state index in [0.29, 0.717) is 47.3 Å². The molecule has 0 bridgehead atoms. The minimum absolute atomic E-state index is 0.227. The van der Waals surface area contributed by atoms with Gasteiger partial charge in [-0.25, -0.2) is 0 Å². The van der Waals surface area contributed by atoms with Crippen LogP contribution in [0.15, 0.2) is 139 Å². The van der Waals surface area contributed by atoms with E-state index in [4.69, 9.17) is 4.74 Å². The lowest BCUT2D eigenvalue weighted by Gasteiger charge is -2.24. The number of carbonyl (C=O) groups is 1. The van der Waals surface area contributed by atoms with Gasteiger partial charge in [0.25, 0.3) is 0 Å². The Morgan fingerprint density at radius 2 is 0.885 bits per heavy atom. The van der Waals surface area contributed by atoms with E-state index in [1.165, 1.54) is 48.1 Å². The number of rotatable bonds is 9. The maximum Gasteiger partial charge on any atom is 0.220 e. The molecule has 1 saturated carbocycles. The number of ether oxygens (including phenoxy) is 1. The van der Waals surface area contributed by atoms with Crippen LogP contribution in [0.4, 0.5) is 0 Å². The fourth-order valence-electron chi connectivity index (χ4n) is 7.97. The zero-order chi connectivity index (χ0) is 76.3. The average Bonchev–Trinajstić information content (AvgIpc) is 3.22. The number of hydrogen-bond donors (Lipinski definition) is 3. The Bertz CT molecular complexity index is 2010. The number of nitrogens with one attached hydrogen (secondary N) is 3. The normalized spacial score (nSPS) is 13.2. The number of amides is 1. The second-order valence-corrected chi connectivity index (χ2v) is 23.6. The Balaban J connectivity index is -0.000000123. The lowest BCUT2D eigenvalue weighted by Crippen LogP contribution is -2.35. The summed E-state index contributed by atoms with van der Waals surface area (Å²) < 4.78 is 5.17. The van der Waals surface area contributed by atoms with Gasteiger partial charge in [-0.2, -0.15) is 5.10 Å². The molecule has 1 amide bonds. The predicted molar refractivity (Wildman–Crippen MR) is 437 cm³/mol.